The van der Waals surface area contributed by atoms with E-state index in [9.17, 15) is 4.39 Å². The summed E-state index contributed by atoms with van der Waals surface area (Å²) in [6.45, 7) is 0. The molecule has 1 heterocycles. The third kappa shape index (κ3) is 1.63. The molecule has 0 amide bonds. The van der Waals surface area contributed by atoms with Crippen molar-refractivity contribution in [3.8, 4) is 17.0 Å². The van der Waals surface area contributed by atoms with Gasteiger partial charge >= 0.3 is 0 Å². The standard InChI is InChI=1S/C10H10FN3O/c1-15-8-3-2-6(4-7(8)11)9-10(12)14-5-13-9/h2-5H,12H2,1H3,(H,13,14). The number of hydrogen-bond acceptors (Lipinski definition) is 3. The molecule has 2 rings (SSSR count). The van der Waals surface area contributed by atoms with Crippen LogP contribution in [0.15, 0.2) is 24.5 Å². The number of aromatic nitrogens is 2. The Bertz CT molecular complexity index is 481. The lowest BCUT2D eigenvalue weighted by Crippen LogP contribution is -1.91. The summed E-state index contributed by atoms with van der Waals surface area (Å²) in [5.41, 5.74) is 6.85. The monoisotopic (exact) mass is 207 g/mol. The minimum atomic E-state index is -0.427. The van der Waals surface area contributed by atoms with Gasteiger partial charge < -0.3 is 15.5 Å². The molecular formula is C10H10FN3O. The van der Waals surface area contributed by atoms with Crippen molar-refractivity contribution in [2.24, 2.45) is 0 Å². The van der Waals surface area contributed by atoms with E-state index in [4.69, 9.17) is 10.5 Å². The van der Waals surface area contributed by atoms with Crippen molar-refractivity contribution in [1.82, 2.24) is 9.97 Å². The fourth-order valence-electron chi connectivity index (χ4n) is 1.36. The summed E-state index contributed by atoms with van der Waals surface area (Å²) in [6.07, 6.45) is 1.47. The smallest absolute Gasteiger partial charge is 0.165 e. The van der Waals surface area contributed by atoms with Gasteiger partial charge in [-0.25, -0.2) is 9.37 Å². The number of nitrogens with one attached hydrogen (secondary N) is 1. The van der Waals surface area contributed by atoms with Crippen LogP contribution in [0.5, 0.6) is 5.75 Å². The van der Waals surface area contributed by atoms with Gasteiger partial charge in [-0.05, 0) is 18.2 Å². The average Bonchev–Trinajstić information content (AvgIpc) is 2.64. The van der Waals surface area contributed by atoms with E-state index in [1.54, 1.807) is 12.1 Å². The molecule has 0 radical (unpaired) electrons. The molecular weight excluding hydrogens is 197 g/mol. The maximum atomic E-state index is 13.4. The molecule has 0 aliphatic carbocycles. The van der Waals surface area contributed by atoms with Gasteiger partial charge in [0.1, 0.15) is 5.82 Å². The van der Waals surface area contributed by atoms with Crippen molar-refractivity contribution in [2.75, 3.05) is 12.8 Å². The molecule has 1 aromatic heterocycles. The molecule has 0 aliphatic heterocycles. The first kappa shape index (κ1) is 9.51. The molecule has 0 saturated carbocycles. The second kappa shape index (κ2) is 3.61. The van der Waals surface area contributed by atoms with Crippen molar-refractivity contribution in [3.63, 3.8) is 0 Å². The maximum Gasteiger partial charge on any atom is 0.165 e. The predicted molar refractivity (Wildman–Crippen MR) is 54.9 cm³/mol. The summed E-state index contributed by atoms with van der Waals surface area (Å²) in [5.74, 6) is 0.125. The molecule has 2 aromatic rings. The Labute approximate surface area is 85.9 Å². The highest BCUT2D eigenvalue weighted by atomic mass is 19.1. The van der Waals surface area contributed by atoms with Gasteiger partial charge in [-0.2, -0.15) is 0 Å². The van der Waals surface area contributed by atoms with Gasteiger partial charge in [0.15, 0.2) is 11.6 Å². The maximum absolute atomic E-state index is 13.4. The highest BCUT2D eigenvalue weighted by molar-refractivity contribution is 5.70. The van der Waals surface area contributed by atoms with Crippen LogP contribution < -0.4 is 10.5 Å². The number of anilines is 1. The van der Waals surface area contributed by atoms with E-state index in [-0.39, 0.29) is 5.75 Å². The van der Waals surface area contributed by atoms with Crippen molar-refractivity contribution in [2.45, 2.75) is 0 Å². The number of imidazole rings is 1. The number of methoxy groups -OCH3 is 1. The topological polar surface area (TPSA) is 63.9 Å². The van der Waals surface area contributed by atoms with Crippen LogP contribution in [0, 0.1) is 5.82 Å². The van der Waals surface area contributed by atoms with Gasteiger partial charge in [-0.15, -0.1) is 0 Å². The summed E-state index contributed by atoms with van der Waals surface area (Å²) >= 11 is 0. The van der Waals surface area contributed by atoms with Crippen LogP contribution in [-0.2, 0) is 0 Å². The number of aromatic amines is 1. The molecule has 3 N–H and O–H groups in total. The third-order valence-electron chi connectivity index (χ3n) is 2.11. The fraction of sp³-hybridized carbons (Fsp3) is 0.100. The van der Waals surface area contributed by atoms with Crippen molar-refractivity contribution in [1.29, 1.82) is 0 Å². The highest BCUT2D eigenvalue weighted by Gasteiger charge is 2.08. The Morgan fingerprint density at radius 1 is 1.47 bits per heavy atom. The Morgan fingerprint density at radius 2 is 2.27 bits per heavy atom. The first-order valence-electron chi connectivity index (χ1n) is 4.35. The van der Waals surface area contributed by atoms with Crippen LogP contribution in [0.2, 0.25) is 0 Å². The lowest BCUT2D eigenvalue weighted by molar-refractivity contribution is 0.386. The number of halogens is 1. The fourth-order valence-corrected chi connectivity index (χ4v) is 1.36. The zero-order valence-electron chi connectivity index (χ0n) is 8.12. The number of H-pyrrole nitrogens is 1. The Morgan fingerprint density at radius 3 is 2.80 bits per heavy atom. The van der Waals surface area contributed by atoms with E-state index < -0.39 is 5.82 Å². The minimum absolute atomic E-state index is 0.205. The number of nitrogen functional groups attached to an aromatic ring is 1. The van der Waals surface area contributed by atoms with Gasteiger partial charge in [0.05, 0.1) is 19.1 Å². The number of ether oxygens (including phenoxy) is 1. The molecule has 0 fully saturated rings. The second-order valence-corrected chi connectivity index (χ2v) is 3.01. The van der Waals surface area contributed by atoms with Crippen LogP contribution in [0.25, 0.3) is 11.3 Å². The molecule has 0 bridgehead atoms. The van der Waals surface area contributed by atoms with E-state index in [1.807, 2.05) is 0 Å². The van der Waals surface area contributed by atoms with Gasteiger partial charge in [-0.1, -0.05) is 0 Å². The van der Waals surface area contributed by atoms with Crippen molar-refractivity contribution < 1.29 is 9.13 Å². The molecule has 0 saturated heterocycles. The molecule has 0 aliphatic rings. The van der Waals surface area contributed by atoms with Gasteiger partial charge in [0.2, 0.25) is 0 Å². The quantitative estimate of drug-likeness (QED) is 0.789. The van der Waals surface area contributed by atoms with Gasteiger partial charge in [0, 0.05) is 5.56 Å². The number of nitrogens with zero attached hydrogens (tertiary/aromatic N) is 1. The number of nitrogens with two attached hydrogens (primary N) is 1. The lowest BCUT2D eigenvalue weighted by atomic mass is 10.1. The molecule has 0 spiro atoms. The van der Waals surface area contributed by atoms with E-state index in [0.717, 1.165) is 0 Å². The van der Waals surface area contributed by atoms with E-state index in [2.05, 4.69) is 9.97 Å². The van der Waals surface area contributed by atoms with Crippen LogP contribution in [0.3, 0.4) is 0 Å². The largest absolute Gasteiger partial charge is 0.494 e. The first-order chi connectivity index (χ1) is 7.22. The van der Waals surface area contributed by atoms with E-state index in [0.29, 0.717) is 17.1 Å². The zero-order valence-corrected chi connectivity index (χ0v) is 8.12. The molecule has 15 heavy (non-hydrogen) atoms. The van der Waals surface area contributed by atoms with Crippen LogP contribution in [-0.4, -0.2) is 17.1 Å². The number of hydrogen-bond donors (Lipinski definition) is 2. The van der Waals surface area contributed by atoms with Crippen molar-refractivity contribution in [3.05, 3.63) is 30.3 Å². The molecule has 0 atom stereocenters. The second-order valence-electron chi connectivity index (χ2n) is 3.01. The lowest BCUT2D eigenvalue weighted by Gasteiger charge is -2.04. The minimum Gasteiger partial charge on any atom is -0.494 e. The first-order valence-corrected chi connectivity index (χ1v) is 4.35. The van der Waals surface area contributed by atoms with Gasteiger partial charge in [0.25, 0.3) is 0 Å². The van der Waals surface area contributed by atoms with E-state index in [1.165, 1.54) is 19.5 Å². The predicted octanol–water partition coefficient (Wildman–Crippen LogP) is 1.81. The molecule has 78 valence electrons. The Hall–Kier alpha value is -2.04. The number of benzene rings is 1. The Balaban J connectivity index is 2.47. The van der Waals surface area contributed by atoms with Crippen LogP contribution in [0.1, 0.15) is 0 Å². The third-order valence-corrected chi connectivity index (χ3v) is 2.11. The summed E-state index contributed by atoms with van der Waals surface area (Å²) in [4.78, 5) is 6.68. The average molecular weight is 207 g/mol. The Kier molecular flexibility index (Phi) is 2.29. The zero-order chi connectivity index (χ0) is 10.8. The molecule has 4 nitrogen and oxygen atoms in total. The summed E-state index contributed by atoms with van der Waals surface area (Å²) in [6, 6.07) is 4.61. The van der Waals surface area contributed by atoms with Crippen molar-refractivity contribution >= 4 is 5.82 Å². The number of rotatable bonds is 2. The van der Waals surface area contributed by atoms with E-state index >= 15 is 0 Å². The van der Waals surface area contributed by atoms with Gasteiger partial charge in [-0.3, -0.25) is 0 Å². The molecule has 0 unspecified atom stereocenters. The SMILES string of the molecule is COc1ccc(-c2[nH]cnc2N)cc1F. The van der Waals surface area contributed by atoms with Crippen LogP contribution in [0.4, 0.5) is 10.2 Å². The summed E-state index contributed by atoms with van der Waals surface area (Å²) in [5, 5.41) is 0. The molecule has 1 aromatic carbocycles. The highest BCUT2D eigenvalue weighted by Crippen LogP contribution is 2.26. The summed E-state index contributed by atoms with van der Waals surface area (Å²) < 4.78 is 18.2. The molecule has 5 heteroatoms. The normalized spacial score (nSPS) is 10.3. The van der Waals surface area contributed by atoms with Crippen LogP contribution >= 0.6 is 0 Å². The summed E-state index contributed by atoms with van der Waals surface area (Å²) in [7, 11) is 1.42.